The van der Waals surface area contributed by atoms with Gasteiger partial charge in [0.05, 0.1) is 12.8 Å². The third-order valence-corrected chi connectivity index (χ3v) is 4.89. The lowest BCUT2D eigenvalue weighted by Crippen LogP contribution is -2.31. The minimum Gasteiger partial charge on any atom is -0.504 e. The molecule has 0 spiro atoms. The molecule has 4 rings (SSSR count). The Morgan fingerprint density at radius 2 is 2.21 bits per heavy atom. The molecule has 5 heteroatoms. The van der Waals surface area contributed by atoms with E-state index in [1.807, 2.05) is 18.3 Å². The van der Waals surface area contributed by atoms with Gasteiger partial charge >= 0.3 is 0 Å². The summed E-state index contributed by atoms with van der Waals surface area (Å²) in [5.74, 6) is 2.52. The van der Waals surface area contributed by atoms with Crippen LogP contribution in [0, 0.1) is 5.92 Å². The van der Waals surface area contributed by atoms with Crippen molar-refractivity contribution in [2.75, 3.05) is 13.7 Å². The summed E-state index contributed by atoms with van der Waals surface area (Å²) in [7, 11) is 1.56. The molecule has 0 bridgehead atoms. The van der Waals surface area contributed by atoms with Crippen molar-refractivity contribution >= 4 is 0 Å². The van der Waals surface area contributed by atoms with E-state index in [0.717, 1.165) is 49.8 Å². The van der Waals surface area contributed by atoms with Gasteiger partial charge in [0.25, 0.3) is 0 Å². The van der Waals surface area contributed by atoms with Crippen LogP contribution in [0.4, 0.5) is 0 Å². The van der Waals surface area contributed by atoms with Crippen molar-refractivity contribution in [2.24, 2.45) is 5.92 Å². The van der Waals surface area contributed by atoms with Crippen molar-refractivity contribution < 1.29 is 9.84 Å². The molecule has 0 amide bonds. The highest BCUT2D eigenvalue weighted by Gasteiger charge is 2.24. The number of aromatic hydroxyl groups is 1. The summed E-state index contributed by atoms with van der Waals surface area (Å²) in [5.41, 5.74) is 3.54. The molecule has 24 heavy (non-hydrogen) atoms. The van der Waals surface area contributed by atoms with E-state index in [4.69, 9.17) is 9.72 Å². The molecule has 0 unspecified atom stereocenters. The van der Waals surface area contributed by atoms with E-state index in [9.17, 15) is 5.11 Å². The Labute approximate surface area is 142 Å². The van der Waals surface area contributed by atoms with Gasteiger partial charge < -0.3 is 9.84 Å². The minimum absolute atomic E-state index is 0.196. The van der Waals surface area contributed by atoms with Gasteiger partial charge in [-0.15, -0.1) is 0 Å². The second-order valence-electron chi connectivity index (χ2n) is 6.87. The number of rotatable bonds is 5. The molecule has 0 saturated heterocycles. The molecule has 1 saturated carbocycles. The van der Waals surface area contributed by atoms with Gasteiger partial charge in [-0.2, -0.15) is 0 Å². The van der Waals surface area contributed by atoms with E-state index in [2.05, 4.69) is 9.88 Å². The zero-order valence-electron chi connectivity index (χ0n) is 14.0. The minimum atomic E-state index is 0.196. The molecule has 1 aromatic heterocycles. The first-order valence-electron chi connectivity index (χ1n) is 8.63. The van der Waals surface area contributed by atoms with Crippen molar-refractivity contribution in [3.63, 3.8) is 0 Å². The SMILES string of the molecule is COc1ccc(CN2CCc3cnc(CC4CC4)nc3C2)cc1O. The fourth-order valence-electron chi connectivity index (χ4n) is 3.30. The quantitative estimate of drug-likeness (QED) is 0.916. The lowest BCUT2D eigenvalue weighted by Gasteiger charge is -2.28. The number of methoxy groups -OCH3 is 1. The summed E-state index contributed by atoms with van der Waals surface area (Å²) in [4.78, 5) is 11.7. The Hall–Kier alpha value is -2.14. The number of hydrogen-bond donors (Lipinski definition) is 1. The maximum atomic E-state index is 9.94. The molecule has 0 atom stereocenters. The van der Waals surface area contributed by atoms with Gasteiger partial charge in [0.1, 0.15) is 5.82 Å². The highest BCUT2D eigenvalue weighted by molar-refractivity contribution is 5.41. The van der Waals surface area contributed by atoms with Crippen LogP contribution in [-0.4, -0.2) is 33.6 Å². The van der Waals surface area contributed by atoms with E-state index in [1.54, 1.807) is 13.2 Å². The van der Waals surface area contributed by atoms with Gasteiger partial charge in [-0.3, -0.25) is 4.90 Å². The molecule has 1 aromatic carbocycles. The molecular formula is C19H23N3O2. The van der Waals surface area contributed by atoms with Crippen LogP contribution in [0.2, 0.25) is 0 Å². The lowest BCUT2D eigenvalue weighted by molar-refractivity contribution is 0.240. The molecule has 1 N–H and O–H groups in total. The highest BCUT2D eigenvalue weighted by Crippen LogP contribution is 2.32. The average molecular weight is 325 g/mol. The second kappa shape index (κ2) is 6.40. The number of fused-ring (bicyclic) bond motifs is 1. The summed E-state index contributed by atoms with van der Waals surface area (Å²) >= 11 is 0. The number of benzene rings is 1. The molecular weight excluding hydrogens is 302 g/mol. The molecule has 2 heterocycles. The Bertz CT molecular complexity index is 743. The Morgan fingerprint density at radius 3 is 2.96 bits per heavy atom. The molecule has 5 nitrogen and oxygen atoms in total. The van der Waals surface area contributed by atoms with Gasteiger partial charge in [0.15, 0.2) is 11.5 Å². The number of ether oxygens (including phenoxy) is 1. The molecule has 1 aliphatic carbocycles. The van der Waals surface area contributed by atoms with E-state index in [0.29, 0.717) is 5.75 Å². The van der Waals surface area contributed by atoms with Crippen molar-refractivity contribution in [3.05, 3.63) is 47.0 Å². The maximum absolute atomic E-state index is 9.94. The van der Waals surface area contributed by atoms with Crippen LogP contribution in [0.5, 0.6) is 11.5 Å². The predicted octanol–water partition coefficient (Wildman–Crippen LogP) is 2.70. The third-order valence-electron chi connectivity index (χ3n) is 4.89. The van der Waals surface area contributed by atoms with E-state index >= 15 is 0 Å². The largest absolute Gasteiger partial charge is 0.504 e. The topological polar surface area (TPSA) is 58.5 Å². The Balaban J connectivity index is 1.45. The van der Waals surface area contributed by atoms with Gasteiger partial charge in [-0.1, -0.05) is 6.07 Å². The first-order valence-corrected chi connectivity index (χ1v) is 8.63. The molecule has 1 aliphatic heterocycles. The van der Waals surface area contributed by atoms with Crippen LogP contribution in [0.15, 0.2) is 24.4 Å². The van der Waals surface area contributed by atoms with E-state index in [-0.39, 0.29) is 5.75 Å². The number of phenols is 1. The monoisotopic (exact) mass is 325 g/mol. The molecule has 126 valence electrons. The van der Waals surface area contributed by atoms with Gasteiger partial charge in [-0.05, 0) is 48.4 Å². The van der Waals surface area contributed by atoms with E-state index in [1.165, 1.54) is 24.1 Å². The molecule has 2 aromatic rings. The number of hydrogen-bond acceptors (Lipinski definition) is 5. The number of nitrogens with zero attached hydrogens (tertiary/aromatic N) is 3. The van der Waals surface area contributed by atoms with Crippen molar-refractivity contribution in [3.8, 4) is 11.5 Å². The van der Waals surface area contributed by atoms with Crippen molar-refractivity contribution in [1.82, 2.24) is 14.9 Å². The third kappa shape index (κ3) is 3.36. The normalized spacial score (nSPS) is 17.5. The fourth-order valence-corrected chi connectivity index (χ4v) is 3.30. The van der Waals surface area contributed by atoms with Crippen LogP contribution in [-0.2, 0) is 25.9 Å². The van der Waals surface area contributed by atoms with Crippen molar-refractivity contribution in [2.45, 2.75) is 38.8 Å². The summed E-state index contributed by atoms with van der Waals surface area (Å²) in [5, 5.41) is 9.94. The summed E-state index contributed by atoms with van der Waals surface area (Å²) in [6.45, 7) is 2.65. The standard InChI is InChI=1S/C19H23N3O2/c1-24-18-5-4-14(8-17(18)23)11-22-7-6-15-10-20-19(9-13-2-3-13)21-16(15)12-22/h4-5,8,10,13,23H,2-3,6-7,9,11-12H2,1H3. The summed E-state index contributed by atoms with van der Waals surface area (Å²) in [6, 6.07) is 5.61. The second-order valence-corrected chi connectivity index (χ2v) is 6.87. The first kappa shape index (κ1) is 15.4. The lowest BCUT2D eigenvalue weighted by atomic mass is 10.1. The van der Waals surface area contributed by atoms with Crippen LogP contribution >= 0.6 is 0 Å². The fraction of sp³-hybridized carbons (Fsp3) is 0.474. The number of phenolic OH excluding ortho intramolecular Hbond substituents is 1. The maximum Gasteiger partial charge on any atom is 0.160 e. The zero-order valence-corrected chi connectivity index (χ0v) is 14.0. The number of aromatic nitrogens is 2. The molecule has 2 aliphatic rings. The van der Waals surface area contributed by atoms with Gasteiger partial charge in [-0.25, -0.2) is 9.97 Å². The molecule has 1 fully saturated rings. The van der Waals surface area contributed by atoms with Crippen LogP contribution in [0.1, 0.15) is 35.5 Å². The van der Waals surface area contributed by atoms with Crippen LogP contribution < -0.4 is 4.74 Å². The summed E-state index contributed by atoms with van der Waals surface area (Å²) in [6.07, 6.45) is 6.69. The Morgan fingerprint density at radius 1 is 1.33 bits per heavy atom. The predicted molar refractivity (Wildman–Crippen MR) is 90.9 cm³/mol. The highest BCUT2D eigenvalue weighted by atomic mass is 16.5. The molecule has 0 radical (unpaired) electrons. The van der Waals surface area contributed by atoms with Gasteiger partial charge in [0.2, 0.25) is 0 Å². The van der Waals surface area contributed by atoms with Crippen LogP contribution in [0.25, 0.3) is 0 Å². The van der Waals surface area contributed by atoms with E-state index < -0.39 is 0 Å². The first-order chi connectivity index (χ1) is 11.7. The van der Waals surface area contributed by atoms with Crippen LogP contribution in [0.3, 0.4) is 0 Å². The zero-order chi connectivity index (χ0) is 16.5. The van der Waals surface area contributed by atoms with Gasteiger partial charge in [0, 0.05) is 32.3 Å². The smallest absolute Gasteiger partial charge is 0.160 e. The average Bonchev–Trinajstić information content (AvgIpc) is 3.39. The van der Waals surface area contributed by atoms with Crippen molar-refractivity contribution in [1.29, 1.82) is 0 Å². The summed E-state index contributed by atoms with van der Waals surface area (Å²) < 4.78 is 5.11. The Kier molecular flexibility index (Phi) is 4.10.